The zero-order valence-corrected chi connectivity index (χ0v) is 18.5. The molecule has 0 aliphatic carbocycles. The van der Waals surface area contributed by atoms with Crippen LogP contribution in [0.15, 0.2) is 30.3 Å². The van der Waals surface area contributed by atoms with Crippen molar-refractivity contribution < 1.29 is 9.47 Å². The number of hydrogen-bond acceptors (Lipinski definition) is 2. The van der Waals surface area contributed by atoms with Crippen LogP contribution in [0.4, 0.5) is 0 Å². The molecule has 0 aliphatic rings. The lowest BCUT2D eigenvalue weighted by Gasteiger charge is -2.14. The van der Waals surface area contributed by atoms with Crippen LogP contribution in [0.1, 0.15) is 77.2 Å². The fraction of sp³-hybridized carbons (Fsp3) is 0.600. The van der Waals surface area contributed by atoms with Gasteiger partial charge >= 0.3 is 0 Å². The number of unbranched alkanes of at least 4 members (excludes halogenated alkanes) is 7. The molecule has 28 heavy (non-hydrogen) atoms. The molecule has 0 saturated carbocycles. The minimum Gasteiger partial charge on any atom is -0.494 e. The van der Waals surface area contributed by atoms with Gasteiger partial charge in [-0.25, -0.2) is 0 Å². The van der Waals surface area contributed by atoms with E-state index in [-0.39, 0.29) is 0 Å². The summed E-state index contributed by atoms with van der Waals surface area (Å²) < 4.78 is 12.1. The Labute approximate surface area is 176 Å². The maximum absolute atomic E-state index is 6.09. The summed E-state index contributed by atoms with van der Waals surface area (Å²) in [6, 6.07) is 10.7. The second kappa shape index (κ2) is 13.7. The molecule has 0 saturated heterocycles. The van der Waals surface area contributed by atoms with E-state index < -0.39 is 0 Å². The third-order valence-corrected chi connectivity index (χ3v) is 5.48. The van der Waals surface area contributed by atoms with Gasteiger partial charge in [-0.2, -0.15) is 0 Å². The quantitative estimate of drug-likeness (QED) is 0.221. The Bertz CT molecular complexity index is 684. The molecule has 0 atom stereocenters. The molecule has 0 radical (unpaired) electrons. The number of fused-ring (bicyclic) bond motifs is 1. The van der Waals surface area contributed by atoms with E-state index in [9.17, 15) is 0 Å². The van der Waals surface area contributed by atoms with E-state index in [1.165, 1.54) is 54.9 Å². The van der Waals surface area contributed by atoms with Gasteiger partial charge in [-0.05, 0) is 54.7 Å². The summed E-state index contributed by atoms with van der Waals surface area (Å²) in [6.45, 7) is 6.03. The van der Waals surface area contributed by atoms with Gasteiger partial charge in [0.25, 0.3) is 0 Å². The van der Waals surface area contributed by atoms with Gasteiger partial charge in [0.05, 0.1) is 13.2 Å². The summed E-state index contributed by atoms with van der Waals surface area (Å²) >= 11 is 5.73. The first-order valence-corrected chi connectivity index (χ1v) is 11.7. The van der Waals surface area contributed by atoms with Crippen molar-refractivity contribution >= 4 is 22.4 Å². The van der Waals surface area contributed by atoms with Crippen molar-refractivity contribution in [2.45, 2.75) is 78.1 Å². The summed E-state index contributed by atoms with van der Waals surface area (Å²) in [7, 11) is 0. The van der Waals surface area contributed by atoms with Gasteiger partial charge in [0, 0.05) is 11.4 Å². The van der Waals surface area contributed by atoms with Crippen LogP contribution in [-0.2, 0) is 6.42 Å². The third kappa shape index (κ3) is 7.54. The minimum absolute atomic E-state index is 0.760. The first-order chi connectivity index (χ1) is 13.8. The number of aryl methyl sites for hydroxylation is 1. The lowest BCUT2D eigenvalue weighted by atomic mass is 10.0. The van der Waals surface area contributed by atoms with Crippen LogP contribution in [0.5, 0.6) is 11.5 Å². The molecule has 0 heterocycles. The number of hydrogen-bond donors (Lipinski definition) is 0. The van der Waals surface area contributed by atoms with Crippen molar-refractivity contribution in [2.75, 3.05) is 19.1 Å². The Morgan fingerprint density at radius 1 is 0.750 bits per heavy atom. The Balaban J connectivity index is 1.91. The molecule has 2 aromatic carbocycles. The Hall–Kier alpha value is -1.41. The molecular formula is C25H37ClO2. The lowest BCUT2D eigenvalue weighted by Crippen LogP contribution is -2.01. The molecule has 0 aromatic heterocycles. The Morgan fingerprint density at radius 2 is 1.46 bits per heavy atom. The van der Waals surface area contributed by atoms with Crippen LogP contribution in [0, 0.1) is 0 Å². The van der Waals surface area contributed by atoms with E-state index in [1.54, 1.807) is 0 Å². The molecule has 3 heteroatoms. The normalized spacial score (nSPS) is 11.1. The minimum atomic E-state index is 0.760. The van der Waals surface area contributed by atoms with Crippen LogP contribution in [0.3, 0.4) is 0 Å². The first-order valence-electron chi connectivity index (χ1n) is 11.2. The van der Waals surface area contributed by atoms with Crippen molar-refractivity contribution in [1.29, 1.82) is 0 Å². The summed E-state index contributed by atoms with van der Waals surface area (Å²) in [5.74, 6) is 2.76. The summed E-state index contributed by atoms with van der Waals surface area (Å²) in [5, 5.41) is 2.51. The largest absolute Gasteiger partial charge is 0.494 e. The molecule has 0 fully saturated rings. The number of ether oxygens (including phenoxy) is 2. The van der Waals surface area contributed by atoms with Crippen LogP contribution in [0.25, 0.3) is 10.8 Å². The van der Waals surface area contributed by atoms with Gasteiger partial charge in [-0.15, -0.1) is 11.6 Å². The Morgan fingerprint density at radius 3 is 2.18 bits per heavy atom. The topological polar surface area (TPSA) is 18.5 Å². The van der Waals surface area contributed by atoms with Crippen molar-refractivity contribution in [3.8, 4) is 11.5 Å². The van der Waals surface area contributed by atoms with E-state index in [1.807, 2.05) is 0 Å². The van der Waals surface area contributed by atoms with Gasteiger partial charge < -0.3 is 9.47 Å². The number of alkyl halides is 1. The number of rotatable bonds is 15. The molecule has 0 amide bonds. The number of halogens is 1. The molecule has 156 valence electrons. The van der Waals surface area contributed by atoms with Crippen molar-refractivity contribution in [3.63, 3.8) is 0 Å². The first kappa shape index (κ1) is 22.9. The fourth-order valence-electron chi connectivity index (χ4n) is 3.57. The average molecular weight is 405 g/mol. The second-order valence-electron chi connectivity index (χ2n) is 7.49. The van der Waals surface area contributed by atoms with Crippen LogP contribution < -0.4 is 9.47 Å². The highest BCUT2D eigenvalue weighted by atomic mass is 35.5. The van der Waals surface area contributed by atoms with E-state index in [0.717, 1.165) is 56.3 Å². The molecule has 0 aliphatic heterocycles. The highest BCUT2D eigenvalue weighted by molar-refractivity contribution is 6.17. The predicted octanol–water partition coefficient (Wildman–Crippen LogP) is 7.93. The van der Waals surface area contributed by atoms with Crippen molar-refractivity contribution in [2.24, 2.45) is 0 Å². The van der Waals surface area contributed by atoms with E-state index in [0.29, 0.717) is 0 Å². The highest BCUT2D eigenvalue weighted by Gasteiger charge is 2.08. The van der Waals surface area contributed by atoms with Crippen LogP contribution in [-0.4, -0.2) is 19.1 Å². The van der Waals surface area contributed by atoms with Crippen LogP contribution in [0.2, 0.25) is 0 Å². The lowest BCUT2D eigenvalue weighted by molar-refractivity contribution is 0.302. The fourth-order valence-corrected chi connectivity index (χ4v) is 3.76. The van der Waals surface area contributed by atoms with Crippen molar-refractivity contribution in [1.82, 2.24) is 0 Å². The SMILES string of the molecule is CCCCCCCOc1ccc2c(CC)c(OCCCCCCCl)ccc2c1. The Kier molecular flexibility index (Phi) is 11.2. The molecular weight excluding hydrogens is 368 g/mol. The molecule has 0 bridgehead atoms. The third-order valence-electron chi connectivity index (χ3n) is 5.22. The smallest absolute Gasteiger partial charge is 0.123 e. The van der Waals surface area contributed by atoms with Gasteiger partial charge in [0.15, 0.2) is 0 Å². The molecule has 2 aromatic rings. The van der Waals surface area contributed by atoms with Gasteiger partial charge in [0.1, 0.15) is 11.5 Å². The second-order valence-corrected chi connectivity index (χ2v) is 7.87. The van der Waals surface area contributed by atoms with Gasteiger partial charge in [0.2, 0.25) is 0 Å². The zero-order chi connectivity index (χ0) is 20.0. The monoisotopic (exact) mass is 404 g/mol. The highest BCUT2D eigenvalue weighted by Crippen LogP contribution is 2.31. The maximum Gasteiger partial charge on any atom is 0.123 e. The summed E-state index contributed by atoms with van der Waals surface area (Å²) in [4.78, 5) is 0. The van der Waals surface area contributed by atoms with E-state index in [2.05, 4.69) is 44.2 Å². The van der Waals surface area contributed by atoms with Crippen molar-refractivity contribution in [3.05, 3.63) is 35.9 Å². The average Bonchev–Trinajstić information content (AvgIpc) is 2.72. The standard InChI is InChI=1S/C25H37ClO2/c1-3-5-6-8-11-18-27-22-14-15-24-21(20-22)13-16-25(23(24)4-2)28-19-12-9-7-10-17-26/h13-16,20H,3-12,17-19H2,1-2H3. The van der Waals surface area contributed by atoms with Gasteiger partial charge in [-0.1, -0.05) is 64.5 Å². The van der Waals surface area contributed by atoms with Crippen LogP contribution >= 0.6 is 11.6 Å². The zero-order valence-electron chi connectivity index (χ0n) is 17.8. The molecule has 0 spiro atoms. The number of benzene rings is 2. The molecule has 2 rings (SSSR count). The summed E-state index contributed by atoms with van der Waals surface area (Å²) in [5.41, 5.74) is 1.30. The maximum atomic E-state index is 6.09. The molecule has 0 unspecified atom stereocenters. The molecule has 0 N–H and O–H groups in total. The predicted molar refractivity (Wildman–Crippen MR) is 122 cm³/mol. The van der Waals surface area contributed by atoms with E-state index >= 15 is 0 Å². The van der Waals surface area contributed by atoms with E-state index in [4.69, 9.17) is 21.1 Å². The summed E-state index contributed by atoms with van der Waals surface area (Å²) in [6.07, 6.45) is 11.8. The molecule has 2 nitrogen and oxygen atoms in total. The van der Waals surface area contributed by atoms with Gasteiger partial charge in [-0.3, -0.25) is 0 Å².